The second-order valence-electron chi connectivity index (χ2n) is 8.72. The van der Waals surface area contributed by atoms with Crippen LogP contribution in [-0.2, 0) is 16.1 Å². The predicted octanol–water partition coefficient (Wildman–Crippen LogP) is 3.27. The Balaban J connectivity index is 1.39. The number of hydrogen-bond donors (Lipinski definition) is 0. The minimum Gasteiger partial charge on any atom is -0.379 e. The first kappa shape index (κ1) is 21.1. The molecule has 3 saturated heterocycles. The van der Waals surface area contributed by atoms with Gasteiger partial charge in [0.05, 0.1) is 13.2 Å². The van der Waals surface area contributed by atoms with E-state index in [1.807, 2.05) is 12.1 Å². The second-order valence-corrected chi connectivity index (χ2v) is 9.12. The molecule has 3 aliphatic rings. The molecule has 1 aromatic rings. The molecule has 29 heavy (non-hydrogen) atoms. The third kappa shape index (κ3) is 5.52. The van der Waals surface area contributed by atoms with Gasteiger partial charge in [0.25, 0.3) is 0 Å². The van der Waals surface area contributed by atoms with Gasteiger partial charge in [-0.2, -0.15) is 0 Å². The van der Waals surface area contributed by atoms with E-state index in [2.05, 4.69) is 26.8 Å². The molecule has 1 amide bonds. The Bertz CT molecular complexity index is 674. The number of halogens is 1. The summed E-state index contributed by atoms with van der Waals surface area (Å²) in [5.74, 6) is 0.877. The van der Waals surface area contributed by atoms with Crippen molar-refractivity contribution in [1.82, 2.24) is 14.7 Å². The Labute approximate surface area is 179 Å². The Kier molecular flexibility index (Phi) is 7.46. The molecule has 3 aliphatic heterocycles. The minimum atomic E-state index is 0.353. The number of carbonyl (C=O) groups excluding carboxylic acids is 1. The van der Waals surface area contributed by atoms with Gasteiger partial charge in [-0.05, 0) is 49.8 Å². The Morgan fingerprint density at radius 1 is 1.07 bits per heavy atom. The number of likely N-dealkylation sites (tertiary alicyclic amines) is 2. The molecule has 0 aromatic heterocycles. The van der Waals surface area contributed by atoms with E-state index >= 15 is 0 Å². The molecule has 5 nitrogen and oxygen atoms in total. The number of ether oxygens (including phenoxy) is 1. The Morgan fingerprint density at radius 2 is 1.83 bits per heavy atom. The lowest BCUT2D eigenvalue weighted by atomic mass is 9.86. The molecule has 1 aromatic carbocycles. The highest BCUT2D eigenvalue weighted by atomic mass is 35.5. The van der Waals surface area contributed by atoms with E-state index in [1.165, 1.54) is 5.56 Å². The van der Waals surface area contributed by atoms with E-state index in [-0.39, 0.29) is 0 Å². The molecule has 0 N–H and O–H groups in total. The van der Waals surface area contributed by atoms with Gasteiger partial charge in [-0.15, -0.1) is 0 Å². The highest BCUT2D eigenvalue weighted by molar-refractivity contribution is 6.31. The molecular formula is C23H34ClN3O2. The van der Waals surface area contributed by atoms with Gasteiger partial charge in [-0.3, -0.25) is 14.6 Å². The third-order valence-electron chi connectivity index (χ3n) is 6.83. The van der Waals surface area contributed by atoms with Crippen LogP contribution in [-0.4, -0.2) is 79.1 Å². The van der Waals surface area contributed by atoms with E-state index in [9.17, 15) is 4.79 Å². The highest BCUT2D eigenvalue weighted by Gasteiger charge is 2.34. The van der Waals surface area contributed by atoms with Crippen molar-refractivity contribution in [3.8, 4) is 0 Å². The summed E-state index contributed by atoms with van der Waals surface area (Å²) in [6.07, 6.45) is 5.16. The molecule has 3 fully saturated rings. The van der Waals surface area contributed by atoms with Gasteiger partial charge in [-0.1, -0.05) is 29.8 Å². The van der Waals surface area contributed by atoms with Gasteiger partial charge in [0.1, 0.15) is 0 Å². The van der Waals surface area contributed by atoms with Crippen molar-refractivity contribution < 1.29 is 9.53 Å². The molecule has 6 heteroatoms. The average molecular weight is 420 g/mol. The van der Waals surface area contributed by atoms with Crippen molar-refractivity contribution in [3.05, 3.63) is 34.9 Å². The van der Waals surface area contributed by atoms with Gasteiger partial charge >= 0.3 is 0 Å². The maximum absolute atomic E-state index is 12.6. The highest BCUT2D eigenvalue weighted by Crippen LogP contribution is 2.29. The third-order valence-corrected chi connectivity index (χ3v) is 7.20. The van der Waals surface area contributed by atoms with E-state index in [1.54, 1.807) is 0 Å². The van der Waals surface area contributed by atoms with E-state index in [0.29, 0.717) is 24.3 Å². The van der Waals surface area contributed by atoms with Crippen LogP contribution in [0.25, 0.3) is 0 Å². The number of hydrogen-bond acceptors (Lipinski definition) is 4. The second kappa shape index (κ2) is 10.3. The van der Waals surface area contributed by atoms with Gasteiger partial charge in [0, 0.05) is 56.8 Å². The molecule has 0 saturated carbocycles. The molecule has 3 heterocycles. The summed E-state index contributed by atoms with van der Waals surface area (Å²) in [4.78, 5) is 19.9. The van der Waals surface area contributed by atoms with Gasteiger partial charge in [0.15, 0.2) is 0 Å². The van der Waals surface area contributed by atoms with E-state index in [0.717, 1.165) is 89.7 Å². The molecule has 2 atom stereocenters. The summed E-state index contributed by atoms with van der Waals surface area (Å²) in [7, 11) is 0. The average Bonchev–Trinajstić information content (AvgIpc) is 3.29. The molecule has 160 valence electrons. The largest absolute Gasteiger partial charge is 0.379 e. The zero-order chi connectivity index (χ0) is 20.1. The van der Waals surface area contributed by atoms with Gasteiger partial charge in [0.2, 0.25) is 5.91 Å². The van der Waals surface area contributed by atoms with Crippen LogP contribution in [0.4, 0.5) is 0 Å². The SMILES string of the molecule is O=C(CC[C@@H]1CN(Cc2ccccc2Cl)CC[C@@H]1N1CCOCC1)N1CCCC1. The maximum Gasteiger partial charge on any atom is 0.222 e. The van der Waals surface area contributed by atoms with Crippen LogP contribution in [0.1, 0.15) is 37.7 Å². The van der Waals surface area contributed by atoms with Crippen molar-refractivity contribution in [2.45, 2.75) is 44.7 Å². The monoisotopic (exact) mass is 419 g/mol. The Morgan fingerprint density at radius 3 is 2.59 bits per heavy atom. The predicted molar refractivity (Wildman–Crippen MR) is 116 cm³/mol. The molecule has 0 unspecified atom stereocenters. The fourth-order valence-electron chi connectivity index (χ4n) is 5.21. The molecule has 0 radical (unpaired) electrons. The van der Waals surface area contributed by atoms with Crippen LogP contribution in [0.3, 0.4) is 0 Å². The smallest absolute Gasteiger partial charge is 0.222 e. The summed E-state index contributed by atoms with van der Waals surface area (Å²) >= 11 is 6.41. The topological polar surface area (TPSA) is 36.0 Å². The summed E-state index contributed by atoms with van der Waals surface area (Å²) < 4.78 is 5.58. The first-order valence-corrected chi connectivity index (χ1v) is 11.6. The molecule has 4 rings (SSSR count). The van der Waals surface area contributed by atoms with Gasteiger partial charge < -0.3 is 9.64 Å². The van der Waals surface area contributed by atoms with Crippen molar-refractivity contribution >= 4 is 17.5 Å². The summed E-state index contributed by atoms with van der Waals surface area (Å²) in [6.45, 7) is 8.64. The molecule has 0 aliphatic carbocycles. The number of rotatable bonds is 6. The number of carbonyl (C=O) groups is 1. The fourth-order valence-corrected chi connectivity index (χ4v) is 5.41. The summed E-state index contributed by atoms with van der Waals surface area (Å²) in [5, 5.41) is 0.851. The lowest BCUT2D eigenvalue weighted by Gasteiger charge is -2.45. The lowest BCUT2D eigenvalue weighted by molar-refractivity contribution is -0.130. The van der Waals surface area contributed by atoms with Crippen molar-refractivity contribution in [1.29, 1.82) is 0 Å². The van der Waals surface area contributed by atoms with Crippen LogP contribution in [0.2, 0.25) is 5.02 Å². The van der Waals surface area contributed by atoms with Crippen LogP contribution in [0.5, 0.6) is 0 Å². The standard InChI is InChI=1S/C23H34ClN3O2/c24-21-6-2-1-5-19(21)17-25-12-9-22(26-13-15-29-16-14-26)20(18-25)7-8-23(28)27-10-3-4-11-27/h1-2,5-6,20,22H,3-4,7-18H2/t20-,22+/m1/s1. The minimum absolute atomic E-state index is 0.353. The van der Waals surface area contributed by atoms with E-state index in [4.69, 9.17) is 16.3 Å². The number of benzene rings is 1. The maximum atomic E-state index is 12.6. The number of piperidine rings is 1. The van der Waals surface area contributed by atoms with Gasteiger partial charge in [-0.25, -0.2) is 0 Å². The van der Waals surface area contributed by atoms with Crippen LogP contribution in [0.15, 0.2) is 24.3 Å². The Hall–Kier alpha value is -1.14. The first-order chi connectivity index (χ1) is 14.2. The van der Waals surface area contributed by atoms with E-state index < -0.39 is 0 Å². The van der Waals surface area contributed by atoms with Crippen molar-refractivity contribution in [3.63, 3.8) is 0 Å². The number of amides is 1. The van der Waals surface area contributed by atoms with Crippen LogP contribution in [0, 0.1) is 5.92 Å². The fraction of sp³-hybridized carbons (Fsp3) is 0.696. The zero-order valence-corrected chi connectivity index (χ0v) is 18.2. The molecular weight excluding hydrogens is 386 g/mol. The van der Waals surface area contributed by atoms with Crippen molar-refractivity contribution in [2.24, 2.45) is 5.92 Å². The summed E-state index contributed by atoms with van der Waals surface area (Å²) in [5.41, 5.74) is 1.20. The number of morpholine rings is 1. The number of nitrogens with zero attached hydrogens (tertiary/aromatic N) is 3. The lowest BCUT2D eigenvalue weighted by Crippen LogP contribution is -2.54. The first-order valence-electron chi connectivity index (χ1n) is 11.3. The van der Waals surface area contributed by atoms with Crippen molar-refractivity contribution in [2.75, 3.05) is 52.5 Å². The quantitative estimate of drug-likeness (QED) is 0.709. The zero-order valence-electron chi connectivity index (χ0n) is 17.4. The normalized spacial score (nSPS) is 26.7. The molecule has 0 spiro atoms. The molecule has 0 bridgehead atoms. The van der Waals surface area contributed by atoms with Crippen LogP contribution < -0.4 is 0 Å². The van der Waals surface area contributed by atoms with Crippen LogP contribution >= 0.6 is 11.6 Å². The summed E-state index contributed by atoms with van der Waals surface area (Å²) in [6, 6.07) is 8.72.